The summed E-state index contributed by atoms with van der Waals surface area (Å²) in [6.07, 6.45) is 0. The highest BCUT2D eigenvalue weighted by Crippen LogP contribution is 2.18. The van der Waals surface area contributed by atoms with Crippen LogP contribution in [0.2, 0.25) is 0 Å². The van der Waals surface area contributed by atoms with E-state index in [0.29, 0.717) is 13.1 Å². The molecule has 1 saturated heterocycles. The number of carbonyl (C=O) groups is 1. The number of anilines is 2. The van der Waals surface area contributed by atoms with Gasteiger partial charge in [0.05, 0.1) is 25.2 Å². The standard InChI is InChI=1S/C20H24N4O4/c1-22(14-16-2-6-19(7-3-16)24(26)27)15-20(25)21-17-4-8-18(9-5-17)23-10-12-28-13-11-23/h2-9H,10-15H2,1H3,(H,21,25)/p+1. The van der Waals surface area contributed by atoms with Gasteiger partial charge in [-0.3, -0.25) is 14.9 Å². The molecular weight excluding hydrogens is 360 g/mol. The number of rotatable bonds is 7. The van der Waals surface area contributed by atoms with E-state index in [1.54, 1.807) is 12.1 Å². The number of carbonyl (C=O) groups excluding carboxylic acids is 1. The molecule has 28 heavy (non-hydrogen) atoms. The van der Waals surface area contributed by atoms with Gasteiger partial charge < -0.3 is 19.9 Å². The molecule has 1 amide bonds. The summed E-state index contributed by atoms with van der Waals surface area (Å²) in [5.74, 6) is -0.0708. The molecule has 0 bridgehead atoms. The maximum Gasteiger partial charge on any atom is 0.279 e. The van der Waals surface area contributed by atoms with Crippen LogP contribution in [0.1, 0.15) is 5.56 Å². The van der Waals surface area contributed by atoms with Crippen LogP contribution in [0, 0.1) is 10.1 Å². The monoisotopic (exact) mass is 385 g/mol. The number of hydrogen-bond donors (Lipinski definition) is 2. The predicted molar refractivity (Wildman–Crippen MR) is 107 cm³/mol. The lowest BCUT2D eigenvalue weighted by molar-refractivity contribution is -0.885. The highest BCUT2D eigenvalue weighted by molar-refractivity contribution is 5.91. The fraction of sp³-hybridized carbons (Fsp3) is 0.350. The molecule has 1 atom stereocenters. The van der Waals surface area contributed by atoms with E-state index in [-0.39, 0.29) is 11.6 Å². The Kier molecular flexibility index (Phi) is 6.57. The van der Waals surface area contributed by atoms with Crippen LogP contribution >= 0.6 is 0 Å². The van der Waals surface area contributed by atoms with Crippen LogP contribution in [0.4, 0.5) is 17.1 Å². The molecule has 8 nitrogen and oxygen atoms in total. The number of non-ortho nitro benzene ring substituents is 1. The zero-order valence-electron chi connectivity index (χ0n) is 15.9. The Morgan fingerprint density at radius 1 is 1.14 bits per heavy atom. The first-order valence-corrected chi connectivity index (χ1v) is 9.28. The number of nitro groups is 1. The number of likely N-dealkylation sites (N-methyl/N-ethyl adjacent to an activating group) is 1. The van der Waals surface area contributed by atoms with Crippen molar-refractivity contribution in [2.24, 2.45) is 0 Å². The van der Waals surface area contributed by atoms with Crippen molar-refractivity contribution < 1.29 is 19.4 Å². The van der Waals surface area contributed by atoms with Crippen LogP contribution in [-0.2, 0) is 16.1 Å². The number of benzene rings is 2. The molecule has 1 unspecified atom stereocenters. The lowest BCUT2D eigenvalue weighted by Gasteiger charge is -2.28. The van der Waals surface area contributed by atoms with E-state index in [2.05, 4.69) is 10.2 Å². The Hall–Kier alpha value is -2.97. The minimum Gasteiger partial charge on any atom is -0.378 e. The van der Waals surface area contributed by atoms with Gasteiger partial charge in [0.2, 0.25) is 0 Å². The zero-order chi connectivity index (χ0) is 19.9. The molecule has 8 heteroatoms. The molecule has 0 radical (unpaired) electrons. The van der Waals surface area contributed by atoms with E-state index >= 15 is 0 Å². The van der Waals surface area contributed by atoms with Gasteiger partial charge in [-0.25, -0.2) is 0 Å². The van der Waals surface area contributed by atoms with Crippen molar-refractivity contribution >= 4 is 23.0 Å². The van der Waals surface area contributed by atoms with Gasteiger partial charge in [0.1, 0.15) is 6.54 Å². The maximum atomic E-state index is 12.3. The molecule has 3 rings (SSSR count). The third-order valence-electron chi connectivity index (χ3n) is 4.64. The summed E-state index contributed by atoms with van der Waals surface area (Å²) in [6.45, 7) is 4.15. The SMILES string of the molecule is C[NH+](CC(=O)Nc1ccc(N2CCOCC2)cc1)Cc1ccc([N+](=O)[O-])cc1. The second-order valence-electron chi connectivity index (χ2n) is 6.93. The van der Waals surface area contributed by atoms with Crippen LogP contribution in [0.3, 0.4) is 0 Å². The van der Waals surface area contributed by atoms with Gasteiger partial charge in [0.15, 0.2) is 6.54 Å². The Morgan fingerprint density at radius 3 is 2.39 bits per heavy atom. The van der Waals surface area contributed by atoms with Crippen LogP contribution in [-0.4, -0.2) is 50.7 Å². The number of quaternary nitrogens is 1. The van der Waals surface area contributed by atoms with E-state index in [4.69, 9.17) is 4.74 Å². The molecule has 2 aromatic rings. The summed E-state index contributed by atoms with van der Waals surface area (Å²) < 4.78 is 5.36. The number of amides is 1. The van der Waals surface area contributed by atoms with Gasteiger partial charge in [-0.05, 0) is 36.4 Å². The topological polar surface area (TPSA) is 89.2 Å². The Balaban J connectivity index is 1.48. The Bertz CT molecular complexity index is 802. The second-order valence-corrected chi connectivity index (χ2v) is 6.93. The van der Waals surface area contributed by atoms with Crippen molar-refractivity contribution in [1.29, 1.82) is 0 Å². The summed E-state index contributed by atoms with van der Waals surface area (Å²) in [6, 6.07) is 14.3. The van der Waals surface area contributed by atoms with Gasteiger partial charge in [-0.15, -0.1) is 0 Å². The molecule has 1 fully saturated rings. The first-order chi connectivity index (χ1) is 13.5. The number of morpholine rings is 1. The minimum atomic E-state index is -0.419. The highest BCUT2D eigenvalue weighted by atomic mass is 16.6. The van der Waals surface area contributed by atoms with Crippen LogP contribution in [0.25, 0.3) is 0 Å². The van der Waals surface area contributed by atoms with Crippen LogP contribution in [0.15, 0.2) is 48.5 Å². The Morgan fingerprint density at radius 2 is 1.79 bits per heavy atom. The highest BCUT2D eigenvalue weighted by Gasteiger charge is 2.14. The number of nitrogens with zero attached hydrogens (tertiary/aromatic N) is 2. The number of ether oxygens (including phenoxy) is 1. The van der Waals surface area contributed by atoms with Crippen molar-refractivity contribution in [3.05, 3.63) is 64.2 Å². The van der Waals surface area contributed by atoms with Gasteiger partial charge in [-0.1, -0.05) is 0 Å². The lowest BCUT2D eigenvalue weighted by Crippen LogP contribution is -3.08. The number of nitro benzene ring substituents is 1. The normalized spacial score (nSPS) is 15.1. The van der Waals surface area contributed by atoms with Crippen LogP contribution < -0.4 is 15.1 Å². The fourth-order valence-electron chi connectivity index (χ4n) is 3.20. The van der Waals surface area contributed by atoms with E-state index in [1.807, 2.05) is 31.3 Å². The van der Waals surface area contributed by atoms with Gasteiger partial charge in [-0.2, -0.15) is 0 Å². The number of nitrogens with one attached hydrogen (secondary N) is 2. The maximum absolute atomic E-state index is 12.3. The summed E-state index contributed by atoms with van der Waals surface area (Å²) in [7, 11) is 1.92. The smallest absolute Gasteiger partial charge is 0.279 e. The summed E-state index contributed by atoms with van der Waals surface area (Å²) in [4.78, 5) is 25.8. The van der Waals surface area contributed by atoms with Crippen molar-refractivity contribution in [3.8, 4) is 0 Å². The third-order valence-corrected chi connectivity index (χ3v) is 4.64. The molecule has 1 heterocycles. The summed E-state index contributed by atoms with van der Waals surface area (Å²) in [5.41, 5.74) is 2.91. The predicted octanol–water partition coefficient (Wildman–Crippen LogP) is 1.08. The number of hydrogen-bond acceptors (Lipinski definition) is 5. The average Bonchev–Trinajstić information content (AvgIpc) is 2.69. The van der Waals surface area contributed by atoms with Crippen molar-refractivity contribution in [3.63, 3.8) is 0 Å². The van der Waals surface area contributed by atoms with E-state index < -0.39 is 4.92 Å². The van der Waals surface area contributed by atoms with Gasteiger partial charge in [0, 0.05) is 42.2 Å². The quantitative estimate of drug-likeness (QED) is 0.550. The minimum absolute atomic E-state index is 0.0691. The molecule has 2 N–H and O–H groups in total. The third kappa shape index (κ3) is 5.51. The summed E-state index contributed by atoms with van der Waals surface area (Å²) >= 11 is 0. The average molecular weight is 385 g/mol. The second kappa shape index (κ2) is 9.29. The fourth-order valence-corrected chi connectivity index (χ4v) is 3.20. The van der Waals surface area contributed by atoms with Crippen LogP contribution in [0.5, 0.6) is 0 Å². The molecule has 1 aliphatic heterocycles. The molecule has 0 aromatic heterocycles. The van der Waals surface area contributed by atoms with Crippen molar-refractivity contribution in [2.45, 2.75) is 6.54 Å². The van der Waals surface area contributed by atoms with E-state index in [1.165, 1.54) is 12.1 Å². The molecule has 1 aliphatic rings. The molecule has 0 aliphatic carbocycles. The lowest BCUT2D eigenvalue weighted by atomic mass is 10.2. The van der Waals surface area contributed by atoms with E-state index in [0.717, 1.165) is 48.1 Å². The summed E-state index contributed by atoms with van der Waals surface area (Å²) in [5, 5.41) is 13.6. The van der Waals surface area contributed by atoms with Gasteiger partial charge in [0.25, 0.3) is 11.6 Å². The molecule has 148 valence electrons. The van der Waals surface area contributed by atoms with Gasteiger partial charge >= 0.3 is 0 Å². The Labute approximate surface area is 163 Å². The first kappa shape index (κ1) is 19.8. The molecule has 0 spiro atoms. The first-order valence-electron chi connectivity index (χ1n) is 9.28. The van der Waals surface area contributed by atoms with Crippen molar-refractivity contribution in [2.75, 3.05) is 50.1 Å². The zero-order valence-corrected chi connectivity index (χ0v) is 15.9. The van der Waals surface area contributed by atoms with Crippen molar-refractivity contribution in [1.82, 2.24) is 0 Å². The largest absolute Gasteiger partial charge is 0.378 e. The molecule has 2 aromatic carbocycles. The molecular formula is C20H25N4O4+. The molecule has 0 saturated carbocycles. The van der Waals surface area contributed by atoms with E-state index in [9.17, 15) is 14.9 Å².